The highest BCUT2D eigenvalue weighted by Crippen LogP contribution is 2.29. The number of rotatable bonds is 9. The number of ether oxygens (including phenoxy) is 2. The molecule has 1 heterocycles. The highest BCUT2D eigenvalue weighted by atomic mass is 19.4. The molecule has 0 atom stereocenters. The van der Waals surface area contributed by atoms with Gasteiger partial charge in [0.1, 0.15) is 24.3 Å². The molecule has 8 heteroatoms. The van der Waals surface area contributed by atoms with Crippen molar-refractivity contribution in [2.45, 2.75) is 26.3 Å². The van der Waals surface area contributed by atoms with Crippen LogP contribution in [-0.4, -0.2) is 23.3 Å². The lowest BCUT2D eigenvalue weighted by molar-refractivity contribution is -0.137. The van der Waals surface area contributed by atoms with E-state index in [0.29, 0.717) is 36.1 Å². The second-order valence-corrected chi connectivity index (χ2v) is 6.78. The second-order valence-electron chi connectivity index (χ2n) is 6.78. The first-order chi connectivity index (χ1) is 14.8. The van der Waals surface area contributed by atoms with Gasteiger partial charge in [0.15, 0.2) is 0 Å². The number of halogens is 3. The molecule has 0 radical (unpaired) electrons. The molecule has 0 bridgehead atoms. The van der Waals surface area contributed by atoms with E-state index < -0.39 is 11.7 Å². The zero-order valence-corrected chi connectivity index (χ0v) is 16.9. The Morgan fingerprint density at radius 1 is 1.06 bits per heavy atom. The molecule has 5 nitrogen and oxygen atoms in total. The van der Waals surface area contributed by atoms with Gasteiger partial charge in [-0.05, 0) is 54.0 Å². The first-order valence-corrected chi connectivity index (χ1v) is 9.56. The third-order valence-corrected chi connectivity index (χ3v) is 4.42. The molecule has 1 N–H and O–H groups in total. The van der Waals surface area contributed by atoms with Crippen LogP contribution >= 0.6 is 0 Å². The predicted octanol–water partition coefficient (Wildman–Crippen LogP) is 5.26. The van der Waals surface area contributed by atoms with Gasteiger partial charge in [0.2, 0.25) is 5.89 Å². The van der Waals surface area contributed by atoms with Crippen molar-refractivity contribution >= 4 is 12.2 Å². The minimum atomic E-state index is -4.35. The molecule has 0 aliphatic carbocycles. The van der Waals surface area contributed by atoms with Gasteiger partial charge < -0.3 is 19.0 Å². The van der Waals surface area contributed by atoms with Crippen molar-refractivity contribution < 1.29 is 32.2 Å². The van der Waals surface area contributed by atoms with Crippen molar-refractivity contribution in [2.24, 2.45) is 0 Å². The van der Waals surface area contributed by atoms with Crippen LogP contribution < -0.4 is 4.74 Å². The Bertz CT molecular complexity index is 1010. The van der Waals surface area contributed by atoms with Crippen LogP contribution in [0, 0.1) is 6.92 Å². The third kappa shape index (κ3) is 6.70. The van der Waals surface area contributed by atoms with E-state index in [1.54, 1.807) is 12.2 Å². The van der Waals surface area contributed by atoms with Crippen LogP contribution in [0.15, 0.2) is 53.1 Å². The largest absolute Gasteiger partial charge is 0.487 e. The second kappa shape index (κ2) is 10.3. The van der Waals surface area contributed by atoms with Crippen LogP contribution in [0.5, 0.6) is 5.75 Å². The number of hydrogen-bond donors (Lipinski definition) is 1. The smallest absolute Gasteiger partial charge is 0.416 e. The molecular formula is C23H22F3NO4. The molecule has 1 aromatic heterocycles. The molecule has 31 heavy (non-hydrogen) atoms. The molecule has 0 unspecified atom stereocenters. The van der Waals surface area contributed by atoms with Gasteiger partial charge in [-0.15, -0.1) is 0 Å². The molecule has 3 rings (SSSR count). The Labute approximate surface area is 177 Å². The van der Waals surface area contributed by atoms with Crippen molar-refractivity contribution in [3.05, 3.63) is 82.6 Å². The summed E-state index contributed by atoms with van der Waals surface area (Å²) in [4.78, 5) is 4.28. The molecular weight excluding hydrogens is 411 g/mol. The Morgan fingerprint density at radius 2 is 1.84 bits per heavy atom. The number of aliphatic hydroxyl groups excluding tert-OH is 1. The third-order valence-electron chi connectivity index (χ3n) is 4.42. The van der Waals surface area contributed by atoms with Crippen LogP contribution in [0.4, 0.5) is 13.2 Å². The summed E-state index contributed by atoms with van der Waals surface area (Å²) in [6.07, 6.45) is 0.317. The Hall–Kier alpha value is -3.10. The molecule has 0 saturated carbocycles. The standard InChI is InChI=1S/C23H22F3NO4/c1-16-12-21(8-5-18(16)13-29-11-10-28)30-14-20-15-31-22(27-20)9-4-17-2-6-19(7-3-17)23(24,25)26/h2-9,12,15,28H,10-11,13-14H2,1H3/b9-4+. The first-order valence-electron chi connectivity index (χ1n) is 9.56. The van der Waals surface area contributed by atoms with E-state index in [4.69, 9.17) is 19.0 Å². The van der Waals surface area contributed by atoms with Gasteiger partial charge in [-0.2, -0.15) is 13.2 Å². The average molecular weight is 433 g/mol. The average Bonchev–Trinajstić information content (AvgIpc) is 3.20. The Kier molecular flexibility index (Phi) is 7.49. The van der Waals surface area contributed by atoms with Gasteiger partial charge >= 0.3 is 6.18 Å². The SMILES string of the molecule is Cc1cc(OCc2coc(/C=C/c3ccc(C(F)(F)F)cc3)n2)ccc1COCCO. The quantitative estimate of drug-likeness (QED) is 0.467. The number of hydrogen-bond acceptors (Lipinski definition) is 5. The molecule has 0 fully saturated rings. The number of aliphatic hydroxyl groups is 1. The maximum Gasteiger partial charge on any atom is 0.416 e. The summed E-state index contributed by atoms with van der Waals surface area (Å²) in [5, 5.41) is 8.77. The normalized spacial score (nSPS) is 11.9. The molecule has 164 valence electrons. The summed E-state index contributed by atoms with van der Waals surface area (Å²) in [6, 6.07) is 10.4. The number of aryl methyl sites for hydroxylation is 1. The fourth-order valence-corrected chi connectivity index (χ4v) is 2.74. The Balaban J connectivity index is 1.54. The molecule has 0 saturated heterocycles. The maximum absolute atomic E-state index is 12.6. The summed E-state index contributed by atoms with van der Waals surface area (Å²) in [6.45, 7) is 2.85. The number of benzene rings is 2. The van der Waals surface area contributed by atoms with Gasteiger partial charge in [0, 0.05) is 6.08 Å². The molecule has 0 spiro atoms. The van der Waals surface area contributed by atoms with Gasteiger partial charge in [0.25, 0.3) is 0 Å². The van der Waals surface area contributed by atoms with E-state index in [1.165, 1.54) is 18.4 Å². The fraction of sp³-hybridized carbons (Fsp3) is 0.261. The zero-order valence-electron chi connectivity index (χ0n) is 16.9. The van der Waals surface area contributed by atoms with Crippen LogP contribution in [0.2, 0.25) is 0 Å². The highest BCUT2D eigenvalue weighted by Gasteiger charge is 2.29. The van der Waals surface area contributed by atoms with Crippen LogP contribution in [-0.2, 0) is 24.1 Å². The first kappa shape index (κ1) is 22.6. The molecule has 0 amide bonds. The van der Waals surface area contributed by atoms with Crippen molar-refractivity contribution in [3.63, 3.8) is 0 Å². The summed E-state index contributed by atoms with van der Waals surface area (Å²) in [7, 11) is 0. The number of oxazole rings is 1. The molecule has 0 aliphatic rings. The molecule has 3 aromatic rings. The van der Waals surface area contributed by atoms with Gasteiger partial charge in [-0.3, -0.25) is 0 Å². The van der Waals surface area contributed by atoms with Crippen molar-refractivity contribution in [1.29, 1.82) is 0 Å². The lowest BCUT2D eigenvalue weighted by atomic mass is 10.1. The summed E-state index contributed by atoms with van der Waals surface area (Å²) >= 11 is 0. The van der Waals surface area contributed by atoms with Crippen LogP contribution in [0.3, 0.4) is 0 Å². The van der Waals surface area contributed by atoms with Gasteiger partial charge in [-0.25, -0.2) is 4.98 Å². The number of aromatic nitrogens is 1. The number of alkyl halides is 3. The van der Waals surface area contributed by atoms with Gasteiger partial charge in [-0.1, -0.05) is 18.2 Å². The molecule has 2 aromatic carbocycles. The summed E-state index contributed by atoms with van der Waals surface area (Å²) < 4.78 is 54.2. The van der Waals surface area contributed by atoms with Crippen LogP contribution in [0.25, 0.3) is 12.2 Å². The van der Waals surface area contributed by atoms with Crippen molar-refractivity contribution in [1.82, 2.24) is 4.98 Å². The van der Waals surface area contributed by atoms with Crippen LogP contribution in [0.1, 0.15) is 33.8 Å². The molecule has 0 aliphatic heterocycles. The lowest BCUT2D eigenvalue weighted by Crippen LogP contribution is -2.03. The van der Waals surface area contributed by atoms with E-state index in [9.17, 15) is 13.2 Å². The zero-order chi connectivity index (χ0) is 22.3. The topological polar surface area (TPSA) is 64.7 Å². The minimum Gasteiger partial charge on any atom is -0.487 e. The highest BCUT2D eigenvalue weighted by molar-refractivity contribution is 5.66. The van der Waals surface area contributed by atoms with Gasteiger partial charge in [0.05, 0.1) is 25.4 Å². The monoisotopic (exact) mass is 433 g/mol. The summed E-state index contributed by atoms with van der Waals surface area (Å²) in [5.74, 6) is 0.999. The summed E-state index contributed by atoms with van der Waals surface area (Å²) in [5.41, 5.74) is 2.51. The minimum absolute atomic E-state index is 0.0144. The van der Waals surface area contributed by atoms with E-state index in [-0.39, 0.29) is 13.2 Å². The maximum atomic E-state index is 12.6. The van der Waals surface area contributed by atoms with Crippen molar-refractivity contribution in [2.75, 3.05) is 13.2 Å². The Morgan fingerprint density at radius 3 is 2.52 bits per heavy atom. The van der Waals surface area contributed by atoms with E-state index in [2.05, 4.69) is 4.98 Å². The fourth-order valence-electron chi connectivity index (χ4n) is 2.74. The van der Waals surface area contributed by atoms with Crippen molar-refractivity contribution in [3.8, 4) is 5.75 Å². The van der Waals surface area contributed by atoms with E-state index in [1.807, 2.05) is 25.1 Å². The number of nitrogens with zero attached hydrogens (tertiary/aromatic N) is 1. The lowest BCUT2D eigenvalue weighted by Gasteiger charge is -2.09. The predicted molar refractivity (Wildman–Crippen MR) is 109 cm³/mol. The van der Waals surface area contributed by atoms with E-state index in [0.717, 1.165) is 23.3 Å². The van der Waals surface area contributed by atoms with E-state index >= 15 is 0 Å².